The lowest BCUT2D eigenvalue weighted by Crippen LogP contribution is -2.24. The van der Waals surface area contributed by atoms with E-state index in [0.29, 0.717) is 17.7 Å². The normalized spacial score (nSPS) is 10.4. The topological polar surface area (TPSA) is 34.0 Å². The molecule has 0 saturated carbocycles. The summed E-state index contributed by atoms with van der Waals surface area (Å²) >= 11 is 0. The van der Waals surface area contributed by atoms with Crippen LogP contribution < -0.4 is 5.32 Å². The number of rotatable bonds is 3. The summed E-state index contributed by atoms with van der Waals surface area (Å²) in [6.45, 7) is 2.18. The van der Waals surface area contributed by atoms with Crippen LogP contribution in [-0.2, 0) is 13.6 Å². The highest BCUT2D eigenvalue weighted by Gasteiger charge is 2.09. The lowest BCUT2D eigenvalue weighted by atomic mass is 10.1. The third-order valence-electron chi connectivity index (χ3n) is 2.91. The fraction of sp³-hybridized carbons (Fsp3) is 0.214. The van der Waals surface area contributed by atoms with E-state index in [9.17, 15) is 9.18 Å². The predicted molar refractivity (Wildman–Crippen MR) is 67.7 cm³/mol. The van der Waals surface area contributed by atoms with Crippen LogP contribution in [0, 0.1) is 12.7 Å². The lowest BCUT2D eigenvalue weighted by molar-refractivity contribution is 0.0949. The summed E-state index contributed by atoms with van der Waals surface area (Å²) in [5, 5.41) is 2.82. The number of hydrogen-bond donors (Lipinski definition) is 1. The Morgan fingerprint density at radius 3 is 2.78 bits per heavy atom. The molecule has 0 spiro atoms. The number of amides is 1. The largest absolute Gasteiger partial charge is 0.353 e. The van der Waals surface area contributed by atoms with Gasteiger partial charge in [0, 0.05) is 24.5 Å². The van der Waals surface area contributed by atoms with Crippen LogP contribution in [0.2, 0.25) is 0 Å². The van der Waals surface area contributed by atoms with Crippen molar-refractivity contribution in [1.82, 2.24) is 9.88 Å². The highest BCUT2D eigenvalue weighted by atomic mass is 19.1. The highest BCUT2D eigenvalue weighted by molar-refractivity contribution is 5.95. The standard InChI is InChI=1S/C14H15FN2O/c1-10-8-11(15)5-6-13(10)14(18)16-9-12-4-3-7-17(12)2/h3-8H,9H2,1-2H3,(H,16,18). The Labute approximate surface area is 105 Å². The molecule has 0 aliphatic carbocycles. The smallest absolute Gasteiger partial charge is 0.251 e. The molecule has 18 heavy (non-hydrogen) atoms. The minimum Gasteiger partial charge on any atom is -0.353 e. The minimum absolute atomic E-state index is 0.186. The van der Waals surface area contributed by atoms with Crippen molar-refractivity contribution in [2.24, 2.45) is 7.05 Å². The van der Waals surface area contributed by atoms with Gasteiger partial charge in [-0.3, -0.25) is 4.79 Å². The number of carbonyl (C=O) groups is 1. The van der Waals surface area contributed by atoms with E-state index >= 15 is 0 Å². The van der Waals surface area contributed by atoms with Crippen molar-refractivity contribution in [3.05, 3.63) is 59.2 Å². The van der Waals surface area contributed by atoms with Gasteiger partial charge in [0.1, 0.15) is 5.82 Å². The Balaban J connectivity index is 2.06. The number of nitrogens with zero attached hydrogens (tertiary/aromatic N) is 1. The summed E-state index contributed by atoms with van der Waals surface area (Å²) in [6, 6.07) is 8.02. The number of benzene rings is 1. The van der Waals surface area contributed by atoms with E-state index in [-0.39, 0.29) is 11.7 Å². The Kier molecular flexibility index (Phi) is 3.46. The van der Waals surface area contributed by atoms with E-state index in [0.717, 1.165) is 5.69 Å². The third-order valence-corrected chi connectivity index (χ3v) is 2.91. The molecule has 2 rings (SSSR count). The van der Waals surface area contributed by atoms with E-state index in [1.165, 1.54) is 18.2 Å². The Bertz CT molecular complexity index is 575. The van der Waals surface area contributed by atoms with E-state index in [2.05, 4.69) is 5.32 Å². The van der Waals surface area contributed by atoms with Crippen molar-refractivity contribution in [2.45, 2.75) is 13.5 Å². The highest BCUT2D eigenvalue weighted by Crippen LogP contribution is 2.10. The number of halogens is 1. The molecule has 0 aliphatic heterocycles. The van der Waals surface area contributed by atoms with E-state index in [1.54, 1.807) is 6.92 Å². The Hall–Kier alpha value is -2.10. The molecule has 1 amide bonds. The van der Waals surface area contributed by atoms with Gasteiger partial charge < -0.3 is 9.88 Å². The zero-order valence-electron chi connectivity index (χ0n) is 10.4. The first kappa shape index (κ1) is 12.4. The molecular weight excluding hydrogens is 231 g/mol. The molecule has 1 aromatic heterocycles. The monoisotopic (exact) mass is 246 g/mol. The first-order valence-corrected chi connectivity index (χ1v) is 5.72. The van der Waals surface area contributed by atoms with E-state index < -0.39 is 0 Å². The molecule has 0 atom stereocenters. The van der Waals surface area contributed by atoms with Crippen molar-refractivity contribution >= 4 is 5.91 Å². The van der Waals surface area contributed by atoms with E-state index in [1.807, 2.05) is 29.9 Å². The lowest BCUT2D eigenvalue weighted by Gasteiger charge is -2.08. The summed E-state index contributed by atoms with van der Waals surface area (Å²) in [5.41, 5.74) is 2.16. The maximum Gasteiger partial charge on any atom is 0.251 e. The molecule has 0 aliphatic rings. The van der Waals surface area contributed by atoms with Gasteiger partial charge in [-0.15, -0.1) is 0 Å². The molecule has 0 radical (unpaired) electrons. The molecule has 0 unspecified atom stereocenters. The Morgan fingerprint density at radius 2 is 2.17 bits per heavy atom. The van der Waals surface area contributed by atoms with Crippen LogP contribution in [0.1, 0.15) is 21.6 Å². The van der Waals surface area contributed by atoms with Crippen molar-refractivity contribution in [1.29, 1.82) is 0 Å². The molecule has 94 valence electrons. The average molecular weight is 246 g/mol. The van der Waals surface area contributed by atoms with Gasteiger partial charge in [-0.1, -0.05) is 0 Å². The second kappa shape index (κ2) is 5.04. The molecule has 0 fully saturated rings. The van der Waals surface area contributed by atoms with Gasteiger partial charge in [0.25, 0.3) is 5.91 Å². The molecule has 1 aromatic carbocycles. The second-order valence-electron chi connectivity index (χ2n) is 4.25. The van der Waals surface area contributed by atoms with Crippen molar-refractivity contribution in [2.75, 3.05) is 0 Å². The van der Waals surface area contributed by atoms with Gasteiger partial charge in [-0.05, 0) is 42.8 Å². The summed E-state index contributed by atoms with van der Waals surface area (Å²) in [5.74, 6) is -0.514. The number of carbonyl (C=O) groups excluding carboxylic acids is 1. The summed E-state index contributed by atoms with van der Waals surface area (Å²) < 4.78 is 14.9. The predicted octanol–water partition coefficient (Wildman–Crippen LogP) is 2.40. The molecular formula is C14H15FN2O. The first-order chi connectivity index (χ1) is 8.58. The molecule has 2 aromatic rings. The van der Waals surface area contributed by atoms with Crippen LogP contribution in [0.5, 0.6) is 0 Å². The molecule has 1 heterocycles. The zero-order valence-corrected chi connectivity index (χ0v) is 10.4. The number of hydrogen-bond acceptors (Lipinski definition) is 1. The quantitative estimate of drug-likeness (QED) is 0.886. The number of aryl methyl sites for hydroxylation is 2. The van der Waals surface area contributed by atoms with Gasteiger partial charge in [-0.2, -0.15) is 0 Å². The molecule has 0 bridgehead atoms. The average Bonchev–Trinajstić information content (AvgIpc) is 2.72. The second-order valence-corrected chi connectivity index (χ2v) is 4.25. The zero-order chi connectivity index (χ0) is 13.1. The van der Waals surface area contributed by atoms with Gasteiger partial charge >= 0.3 is 0 Å². The van der Waals surface area contributed by atoms with Crippen molar-refractivity contribution in [3.8, 4) is 0 Å². The minimum atomic E-state index is -0.327. The van der Waals surface area contributed by atoms with E-state index in [4.69, 9.17) is 0 Å². The number of aromatic nitrogens is 1. The maximum absolute atomic E-state index is 12.9. The Morgan fingerprint density at radius 1 is 1.39 bits per heavy atom. The van der Waals surface area contributed by atoms with Crippen LogP contribution in [0.4, 0.5) is 4.39 Å². The van der Waals surface area contributed by atoms with Gasteiger partial charge in [0.2, 0.25) is 0 Å². The molecule has 3 nitrogen and oxygen atoms in total. The third kappa shape index (κ3) is 2.59. The fourth-order valence-corrected chi connectivity index (χ4v) is 1.83. The van der Waals surface area contributed by atoms with Crippen molar-refractivity contribution in [3.63, 3.8) is 0 Å². The summed E-state index contributed by atoms with van der Waals surface area (Å²) in [7, 11) is 1.92. The maximum atomic E-state index is 12.9. The van der Waals surface area contributed by atoms with Gasteiger partial charge in [0.15, 0.2) is 0 Å². The SMILES string of the molecule is Cc1cc(F)ccc1C(=O)NCc1cccn1C. The molecule has 4 heteroatoms. The van der Waals surface area contributed by atoms with Crippen LogP contribution >= 0.6 is 0 Å². The van der Waals surface area contributed by atoms with Crippen LogP contribution in [0.25, 0.3) is 0 Å². The van der Waals surface area contributed by atoms with Crippen molar-refractivity contribution < 1.29 is 9.18 Å². The summed E-state index contributed by atoms with van der Waals surface area (Å²) in [6.07, 6.45) is 1.92. The van der Waals surface area contributed by atoms with Crippen LogP contribution in [0.15, 0.2) is 36.5 Å². The fourth-order valence-electron chi connectivity index (χ4n) is 1.83. The first-order valence-electron chi connectivity index (χ1n) is 5.72. The van der Waals surface area contributed by atoms with Crippen LogP contribution in [0.3, 0.4) is 0 Å². The molecule has 0 saturated heterocycles. The van der Waals surface area contributed by atoms with Gasteiger partial charge in [-0.25, -0.2) is 4.39 Å². The van der Waals surface area contributed by atoms with Crippen LogP contribution in [-0.4, -0.2) is 10.5 Å². The van der Waals surface area contributed by atoms with Gasteiger partial charge in [0.05, 0.1) is 6.54 Å². The molecule has 1 N–H and O–H groups in total. The summed E-state index contributed by atoms with van der Waals surface area (Å²) in [4.78, 5) is 11.9. The number of nitrogens with one attached hydrogen (secondary N) is 1.